The fraction of sp³-hybridized carbons (Fsp3) is 0.333. The Labute approximate surface area is 117 Å². The van der Waals surface area contributed by atoms with Crippen molar-refractivity contribution in [3.8, 4) is 5.75 Å². The van der Waals surface area contributed by atoms with E-state index in [0.29, 0.717) is 12.4 Å². The molecule has 0 spiro atoms. The molecule has 0 radical (unpaired) electrons. The number of ether oxygens (including phenoxy) is 1. The van der Waals surface area contributed by atoms with Crippen molar-refractivity contribution in [2.45, 2.75) is 26.3 Å². The molecule has 0 aliphatic carbocycles. The Morgan fingerprint density at radius 2 is 2.20 bits per heavy atom. The number of benzene rings is 1. The van der Waals surface area contributed by atoms with Gasteiger partial charge in [0, 0.05) is 18.0 Å². The largest absolute Gasteiger partial charge is 0.496 e. The summed E-state index contributed by atoms with van der Waals surface area (Å²) in [6.07, 6.45) is 3.88. The molecule has 0 bridgehead atoms. The predicted molar refractivity (Wildman–Crippen MR) is 75.9 cm³/mol. The Morgan fingerprint density at radius 1 is 1.30 bits per heavy atom. The van der Waals surface area contributed by atoms with E-state index in [2.05, 4.69) is 27.7 Å². The molecule has 104 valence electrons. The molecule has 2 heterocycles. The number of hydrogen-bond acceptors (Lipinski definition) is 4. The van der Waals surface area contributed by atoms with Gasteiger partial charge in [-0.1, -0.05) is 18.1 Å². The number of aromatic nitrogens is 3. The van der Waals surface area contributed by atoms with Gasteiger partial charge in [-0.2, -0.15) is 4.98 Å². The molecule has 1 aromatic carbocycles. The first kappa shape index (κ1) is 12.7. The second kappa shape index (κ2) is 5.36. The minimum absolute atomic E-state index is 0.577. The molecule has 0 atom stereocenters. The lowest BCUT2D eigenvalue weighted by atomic mass is 10.2. The van der Waals surface area contributed by atoms with Crippen LogP contribution in [0.3, 0.4) is 0 Å². The molecule has 2 aromatic heterocycles. The van der Waals surface area contributed by atoms with Crippen molar-refractivity contribution in [3.63, 3.8) is 0 Å². The number of rotatable bonds is 5. The third-order valence-electron chi connectivity index (χ3n) is 3.28. The molecule has 0 fully saturated rings. The van der Waals surface area contributed by atoms with Gasteiger partial charge < -0.3 is 13.8 Å². The van der Waals surface area contributed by atoms with Crippen LogP contribution in [-0.4, -0.2) is 21.8 Å². The quantitative estimate of drug-likeness (QED) is 0.715. The summed E-state index contributed by atoms with van der Waals surface area (Å²) in [7, 11) is 1.68. The highest BCUT2D eigenvalue weighted by Gasteiger charge is 2.10. The van der Waals surface area contributed by atoms with Gasteiger partial charge in [-0.25, -0.2) is 0 Å². The van der Waals surface area contributed by atoms with Gasteiger partial charge in [-0.3, -0.25) is 0 Å². The lowest BCUT2D eigenvalue weighted by Gasteiger charge is -2.04. The molecule has 0 saturated heterocycles. The summed E-state index contributed by atoms with van der Waals surface area (Å²) < 4.78 is 12.7. The Balaban J connectivity index is 1.90. The Hall–Kier alpha value is -2.30. The number of nitrogens with zero attached hydrogens (tertiary/aromatic N) is 3. The molecular weight excluding hydrogens is 254 g/mol. The summed E-state index contributed by atoms with van der Waals surface area (Å²) in [6.45, 7) is 2.68. The third-order valence-corrected chi connectivity index (χ3v) is 3.28. The third kappa shape index (κ3) is 2.27. The Kier molecular flexibility index (Phi) is 3.41. The second-order valence-electron chi connectivity index (χ2n) is 4.69. The standard InChI is InChI=1S/C15H17N3O2/c1-3-5-14-16-15(20-17-14)10-18-9-8-11-12(18)6-4-7-13(11)19-2/h4,6-9H,3,5,10H2,1-2H3. The molecule has 0 N–H and O–H groups in total. The zero-order valence-corrected chi connectivity index (χ0v) is 11.7. The molecule has 3 aromatic rings. The average molecular weight is 271 g/mol. The van der Waals surface area contributed by atoms with E-state index in [1.165, 1.54) is 0 Å². The smallest absolute Gasteiger partial charge is 0.246 e. The van der Waals surface area contributed by atoms with Crippen molar-refractivity contribution in [3.05, 3.63) is 42.2 Å². The van der Waals surface area contributed by atoms with Gasteiger partial charge in [0.25, 0.3) is 0 Å². The minimum atomic E-state index is 0.577. The summed E-state index contributed by atoms with van der Waals surface area (Å²) in [4.78, 5) is 4.39. The van der Waals surface area contributed by atoms with Crippen LogP contribution in [0.15, 0.2) is 35.0 Å². The van der Waals surface area contributed by atoms with Crippen LogP contribution in [0.25, 0.3) is 10.9 Å². The molecule has 0 amide bonds. The molecule has 5 heteroatoms. The highest BCUT2D eigenvalue weighted by Crippen LogP contribution is 2.26. The molecule has 3 rings (SSSR count). The maximum atomic E-state index is 5.36. The van der Waals surface area contributed by atoms with Crippen molar-refractivity contribution in [1.82, 2.24) is 14.7 Å². The second-order valence-corrected chi connectivity index (χ2v) is 4.69. The van der Waals surface area contributed by atoms with E-state index < -0.39 is 0 Å². The van der Waals surface area contributed by atoms with Gasteiger partial charge in [0.2, 0.25) is 5.89 Å². The van der Waals surface area contributed by atoms with E-state index >= 15 is 0 Å². The molecule has 5 nitrogen and oxygen atoms in total. The molecule has 0 aliphatic heterocycles. The Bertz CT molecular complexity index is 715. The highest BCUT2D eigenvalue weighted by atomic mass is 16.5. The highest BCUT2D eigenvalue weighted by molar-refractivity contribution is 5.86. The van der Waals surface area contributed by atoms with E-state index in [-0.39, 0.29) is 0 Å². The molecule has 20 heavy (non-hydrogen) atoms. The number of hydrogen-bond donors (Lipinski definition) is 0. The molecule has 0 saturated carbocycles. The van der Waals surface area contributed by atoms with Crippen molar-refractivity contribution >= 4 is 10.9 Å². The van der Waals surface area contributed by atoms with E-state index in [0.717, 1.165) is 35.3 Å². The van der Waals surface area contributed by atoms with Crippen LogP contribution in [0.2, 0.25) is 0 Å². The monoisotopic (exact) mass is 271 g/mol. The number of fused-ring (bicyclic) bond motifs is 1. The van der Waals surface area contributed by atoms with Gasteiger partial charge in [0.05, 0.1) is 12.6 Å². The first-order valence-corrected chi connectivity index (χ1v) is 6.75. The van der Waals surface area contributed by atoms with Crippen LogP contribution in [0.5, 0.6) is 5.75 Å². The van der Waals surface area contributed by atoms with Crippen LogP contribution >= 0.6 is 0 Å². The molecule has 0 unspecified atom stereocenters. The fourth-order valence-electron chi connectivity index (χ4n) is 2.34. The van der Waals surface area contributed by atoms with Gasteiger partial charge >= 0.3 is 0 Å². The summed E-state index contributed by atoms with van der Waals surface area (Å²) in [6, 6.07) is 8.03. The van der Waals surface area contributed by atoms with E-state index in [9.17, 15) is 0 Å². The van der Waals surface area contributed by atoms with E-state index in [4.69, 9.17) is 9.26 Å². The molecular formula is C15H17N3O2. The van der Waals surface area contributed by atoms with Crippen molar-refractivity contribution in [2.24, 2.45) is 0 Å². The topological polar surface area (TPSA) is 53.1 Å². The van der Waals surface area contributed by atoms with Crippen LogP contribution in [0.4, 0.5) is 0 Å². The summed E-state index contributed by atoms with van der Waals surface area (Å²) in [5, 5.41) is 5.06. The van der Waals surface area contributed by atoms with Crippen LogP contribution in [0, 0.1) is 0 Å². The lowest BCUT2D eigenvalue weighted by molar-refractivity contribution is 0.367. The SMILES string of the molecule is CCCc1noc(Cn2ccc3c(OC)cccc32)n1. The van der Waals surface area contributed by atoms with Gasteiger partial charge in [0.1, 0.15) is 12.3 Å². The van der Waals surface area contributed by atoms with E-state index in [1.54, 1.807) is 7.11 Å². The first-order chi connectivity index (χ1) is 9.81. The summed E-state index contributed by atoms with van der Waals surface area (Å²) >= 11 is 0. The van der Waals surface area contributed by atoms with Crippen molar-refractivity contribution in [2.75, 3.05) is 7.11 Å². The maximum absolute atomic E-state index is 5.36. The number of methoxy groups -OCH3 is 1. The first-order valence-electron chi connectivity index (χ1n) is 6.75. The summed E-state index contributed by atoms with van der Waals surface area (Å²) in [5.41, 5.74) is 1.10. The Morgan fingerprint density at radius 3 is 3.00 bits per heavy atom. The van der Waals surface area contributed by atoms with Crippen LogP contribution < -0.4 is 4.74 Å². The fourth-order valence-corrected chi connectivity index (χ4v) is 2.34. The van der Waals surface area contributed by atoms with Crippen LogP contribution in [0.1, 0.15) is 25.1 Å². The van der Waals surface area contributed by atoms with Gasteiger partial charge in [-0.15, -0.1) is 0 Å². The average Bonchev–Trinajstić information content (AvgIpc) is 3.07. The normalized spacial score (nSPS) is 11.1. The predicted octanol–water partition coefficient (Wildman–Crippen LogP) is 3.03. The van der Waals surface area contributed by atoms with Crippen LogP contribution in [-0.2, 0) is 13.0 Å². The zero-order chi connectivity index (χ0) is 13.9. The van der Waals surface area contributed by atoms with E-state index in [1.807, 2.05) is 24.4 Å². The van der Waals surface area contributed by atoms with Crippen molar-refractivity contribution in [1.29, 1.82) is 0 Å². The zero-order valence-electron chi connectivity index (χ0n) is 11.7. The van der Waals surface area contributed by atoms with Gasteiger partial charge in [-0.05, 0) is 24.6 Å². The summed E-state index contributed by atoms with van der Waals surface area (Å²) in [5.74, 6) is 2.28. The minimum Gasteiger partial charge on any atom is -0.496 e. The van der Waals surface area contributed by atoms with Crippen molar-refractivity contribution < 1.29 is 9.26 Å². The number of aryl methyl sites for hydroxylation is 1. The van der Waals surface area contributed by atoms with Gasteiger partial charge in [0.15, 0.2) is 5.82 Å². The maximum Gasteiger partial charge on any atom is 0.246 e. The lowest BCUT2D eigenvalue weighted by Crippen LogP contribution is -1.98. The molecule has 0 aliphatic rings.